The summed E-state index contributed by atoms with van der Waals surface area (Å²) in [4.78, 5) is 19.2. The molecule has 0 aromatic carbocycles. The van der Waals surface area contributed by atoms with Crippen molar-refractivity contribution in [2.45, 2.75) is 13.8 Å². The molecule has 6 heteroatoms. The molecule has 1 rings (SSSR count). The van der Waals surface area contributed by atoms with E-state index in [9.17, 15) is 4.79 Å². The highest BCUT2D eigenvalue weighted by Crippen LogP contribution is 2.11. The minimum atomic E-state index is -0.352. The molecule has 5 nitrogen and oxygen atoms in total. The summed E-state index contributed by atoms with van der Waals surface area (Å²) in [5, 5.41) is 11.9. The summed E-state index contributed by atoms with van der Waals surface area (Å²) in [6, 6.07) is 0. The van der Waals surface area contributed by atoms with Crippen LogP contribution in [0.2, 0.25) is 5.15 Å². The summed E-state index contributed by atoms with van der Waals surface area (Å²) >= 11 is 5.55. The van der Waals surface area contributed by atoms with Gasteiger partial charge in [0.05, 0.1) is 12.4 Å². The van der Waals surface area contributed by atoms with E-state index in [2.05, 4.69) is 15.3 Å². The molecule has 0 aliphatic carbocycles. The van der Waals surface area contributed by atoms with Crippen molar-refractivity contribution in [3.05, 3.63) is 23.2 Å². The summed E-state index contributed by atoms with van der Waals surface area (Å²) < 4.78 is 0. The van der Waals surface area contributed by atoms with E-state index in [1.165, 1.54) is 12.4 Å². The maximum atomic E-state index is 11.6. The van der Waals surface area contributed by atoms with Crippen LogP contribution in [-0.4, -0.2) is 34.1 Å². The number of rotatable bonds is 4. The van der Waals surface area contributed by atoms with Crippen LogP contribution in [-0.2, 0) is 0 Å². The van der Waals surface area contributed by atoms with Gasteiger partial charge in [-0.15, -0.1) is 0 Å². The number of hydrogen-bond donors (Lipinski definition) is 2. The predicted molar refractivity (Wildman–Crippen MR) is 60.2 cm³/mol. The summed E-state index contributed by atoms with van der Waals surface area (Å²) in [7, 11) is 0. The Morgan fingerprint density at radius 2 is 2.19 bits per heavy atom. The van der Waals surface area contributed by atoms with Crippen LogP contribution in [0.3, 0.4) is 0 Å². The van der Waals surface area contributed by atoms with E-state index in [0.717, 1.165) is 0 Å². The van der Waals surface area contributed by atoms with E-state index in [1.807, 2.05) is 13.8 Å². The average molecular weight is 244 g/mol. The van der Waals surface area contributed by atoms with Crippen molar-refractivity contribution in [1.29, 1.82) is 0 Å². The van der Waals surface area contributed by atoms with Gasteiger partial charge in [-0.2, -0.15) is 0 Å². The molecule has 16 heavy (non-hydrogen) atoms. The van der Waals surface area contributed by atoms with Crippen molar-refractivity contribution in [2.24, 2.45) is 5.41 Å². The highest BCUT2D eigenvalue weighted by Gasteiger charge is 2.18. The second-order valence-corrected chi connectivity index (χ2v) is 4.62. The molecule has 0 atom stereocenters. The SMILES string of the molecule is CC(C)(CO)CNC(=O)c1cnc(Cl)cn1. The molecule has 1 aromatic heterocycles. The first-order valence-electron chi connectivity index (χ1n) is 4.81. The zero-order valence-corrected chi connectivity index (χ0v) is 9.95. The van der Waals surface area contributed by atoms with Crippen molar-refractivity contribution in [3.8, 4) is 0 Å². The Kier molecular flexibility index (Phi) is 4.20. The third-order valence-electron chi connectivity index (χ3n) is 2.01. The lowest BCUT2D eigenvalue weighted by atomic mass is 9.95. The van der Waals surface area contributed by atoms with Crippen LogP contribution in [0.25, 0.3) is 0 Å². The third-order valence-corrected chi connectivity index (χ3v) is 2.20. The lowest BCUT2D eigenvalue weighted by molar-refractivity contribution is 0.0905. The summed E-state index contributed by atoms with van der Waals surface area (Å²) in [6.07, 6.45) is 2.62. The number of hydrogen-bond acceptors (Lipinski definition) is 4. The minimum Gasteiger partial charge on any atom is -0.396 e. The van der Waals surface area contributed by atoms with E-state index < -0.39 is 0 Å². The Balaban J connectivity index is 2.56. The van der Waals surface area contributed by atoms with Crippen LogP contribution in [0, 0.1) is 5.41 Å². The fraction of sp³-hybridized carbons (Fsp3) is 0.500. The highest BCUT2D eigenvalue weighted by atomic mass is 35.5. The normalized spacial score (nSPS) is 11.2. The second-order valence-electron chi connectivity index (χ2n) is 4.23. The second kappa shape index (κ2) is 5.23. The Morgan fingerprint density at radius 1 is 1.50 bits per heavy atom. The van der Waals surface area contributed by atoms with Crippen molar-refractivity contribution in [2.75, 3.05) is 13.2 Å². The van der Waals surface area contributed by atoms with Gasteiger partial charge in [-0.1, -0.05) is 25.4 Å². The quantitative estimate of drug-likeness (QED) is 0.823. The number of aromatic nitrogens is 2. The van der Waals surface area contributed by atoms with Gasteiger partial charge in [0.1, 0.15) is 10.8 Å². The molecule has 1 aromatic rings. The van der Waals surface area contributed by atoms with E-state index in [1.54, 1.807) is 0 Å². The maximum absolute atomic E-state index is 11.6. The van der Waals surface area contributed by atoms with Crippen molar-refractivity contribution in [3.63, 3.8) is 0 Å². The number of aliphatic hydroxyl groups excluding tert-OH is 1. The van der Waals surface area contributed by atoms with Crippen LogP contribution in [0.15, 0.2) is 12.4 Å². The van der Waals surface area contributed by atoms with E-state index in [0.29, 0.717) is 6.54 Å². The molecule has 0 aliphatic rings. The Morgan fingerprint density at radius 3 is 2.69 bits per heavy atom. The number of aliphatic hydroxyl groups is 1. The number of carbonyl (C=O) groups excluding carboxylic acids is 1. The molecule has 1 amide bonds. The average Bonchev–Trinajstić information content (AvgIpc) is 2.27. The first-order chi connectivity index (χ1) is 7.44. The largest absolute Gasteiger partial charge is 0.396 e. The lowest BCUT2D eigenvalue weighted by Crippen LogP contribution is -2.36. The van der Waals surface area contributed by atoms with E-state index in [-0.39, 0.29) is 28.8 Å². The smallest absolute Gasteiger partial charge is 0.271 e. The van der Waals surface area contributed by atoms with Gasteiger partial charge in [-0.25, -0.2) is 9.97 Å². The lowest BCUT2D eigenvalue weighted by Gasteiger charge is -2.21. The van der Waals surface area contributed by atoms with E-state index in [4.69, 9.17) is 16.7 Å². The molecule has 0 aliphatic heterocycles. The Hall–Kier alpha value is -1.20. The number of nitrogens with one attached hydrogen (secondary N) is 1. The van der Waals surface area contributed by atoms with Crippen molar-refractivity contribution >= 4 is 17.5 Å². The van der Waals surface area contributed by atoms with Gasteiger partial charge >= 0.3 is 0 Å². The summed E-state index contributed by atoms with van der Waals surface area (Å²) in [5.41, 5.74) is -0.145. The third kappa shape index (κ3) is 3.75. The van der Waals surface area contributed by atoms with Crippen LogP contribution >= 0.6 is 11.6 Å². The maximum Gasteiger partial charge on any atom is 0.271 e. The summed E-state index contributed by atoms with van der Waals surface area (Å²) in [5.74, 6) is -0.328. The van der Waals surface area contributed by atoms with Gasteiger partial charge in [0.2, 0.25) is 0 Å². The van der Waals surface area contributed by atoms with Crippen molar-refractivity contribution < 1.29 is 9.90 Å². The number of halogens is 1. The Bertz CT molecular complexity index is 365. The van der Waals surface area contributed by atoms with Gasteiger partial charge < -0.3 is 10.4 Å². The molecular weight excluding hydrogens is 230 g/mol. The van der Waals surface area contributed by atoms with Gasteiger partial charge in [0, 0.05) is 18.6 Å². The van der Waals surface area contributed by atoms with Crippen molar-refractivity contribution in [1.82, 2.24) is 15.3 Å². The number of nitrogens with zero attached hydrogens (tertiary/aromatic N) is 2. The van der Waals surface area contributed by atoms with Crippen LogP contribution in [0.4, 0.5) is 0 Å². The number of amides is 1. The zero-order valence-electron chi connectivity index (χ0n) is 9.20. The van der Waals surface area contributed by atoms with Crippen LogP contribution < -0.4 is 5.32 Å². The Labute approximate surface area is 98.9 Å². The van der Waals surface area contributed by atoms with Gasteiger partial charge in [-0.05, 0) is 0 Å². The molecule has 0 fully saturated rings. The fourth-order valence-corrected chi connectivity index (χ4v) is 0.993. The molecule has 0 radical (unpaired) electrons. The molecule has 0 unspecified atom stereocenters. The van der Waals surface area contributed by atoms with Gasteiger partial charge in [0.25, 0.3) is 5.91 Å². The summed E-state index contributed by atoms with van der Waals surface area (Å²) in [6.45, 7) is 4.06. The minimum absolute atomic E-state index is 0.000420. The molecule has 0 spiro atoms. The predicted octanol–water partition coefficient (Wildman–Crippen LogP) is 0.878. The topological polar surface area (TPSA) is 75.1 Å². The van der Waals surface area contributed by atoms with Crippen LogP contribution in [0.1, 0.15) is 24.3 Å². The first-order valence-corrected chi connectivity index (χ1v) is 5.19. The molecule has 0 bridgehead atoms. The fourth-order valence-electron chi connectivity index (χ4n) is 0.896. The molecule has 2 N–H and O–H groups in total. The molecular formula is C10H14ClN3O2. The monoisotopic (exact) mass is 243 g/mol. The zero-order chi connectivity index (χ0) is 12.2. The molecule has 0 saturated carbocycles. The van der Waals surface area contributed by atoms with Gasteiger partial charge in [0.15, 0.2) is 0 Å². The number of carbonyl (C=O) groups is 1. The highest BCUT2D eigenvalue weighted by molar-refractivity contribution is 6.29. The van der Waals surface area contributed by atoms with E-state index >= 15 is 0 Å². The standard InChI is InChI=1S/C10H14ClN3O2/c1-10(2,6-15)5-14-9(16)7-3-13-8(11)4-12-7/h3-4,15H,5-6H2,1-2H3,(H,14,16). The van der Waals surface area contributed by atoms with Crippen LogP contribution in [0.5, 0.6) is 0 Å². The first kappa shape index (κ1) is 12.9. The van der Waals surface area contributed by atoms with Gasteiger partial charge in [-0.3, -0.25) is 4.79 Å². The molecule has 88 valence electrons. The molecule has 0 saturated heterocycles. The molecule has 1 heterocycles.